The Kier molecular flexibility index (Phi) is 5.89. The van der Waals surface area contributed by atoms with E-state index in [0.717, 1.165) is 61.9 Å². The molecule has 5 heteroatoms. The van der Waals surface area contributed by atoms with E-state index in [4.69, 9.17) is 9.47 Å². The minimum atomic E-state index is 0.737. The molecule has 0 bridgehead atoms. The summed E-state index contributed by atoms with van der Waals surface area (Å²) in [5.41, 5.74) is 3.44. The van der Waals surface area contributed by atoms with Crippen molar-refractivity contribution in [3.63, 3.8) is 0 Å². The molecule has 0 saturated carbocycles. The number of ether oxygens (including phenoxy) is 2. The fraction of sp³-hybridized carbons (Fsp3) is 0.450. The standard InChI is InChI=1S/C20H27N3O2/c1-4-22-7-9-23(10-8-22)15-16-11-18(14-21-13-16)17-5-6-19(24-2)20(12-17)25-3/h5-6,11-14H,4,7-10,15H2,1-3H3. The van der Waals surface area contributed by atoms with E-state index in [1.54, 1.807) is 14.2 Å². The van der Waals surface area contributed by atoms with E-state index in [1.165, 1.54) is 5.56 Å². The van der Waals surface area contributed by atoms with Crippen LogP contribution in [0.2, 0.25) is 0 Å². The highest BCUT2D eigenvalue weighted by molar-refractivity contribution is 5.67. The minimum Gasteiger partial charge on any atom is -0.493 e. The normalized spacial score (nSPS) is 16.0. The molecule has 1 aliphatic rings. The molecule has 2 heterocycles. The van der Waals surface area contributed by atoms with E-state index in [2.05, 4.69) is 27.8 Å². The van der Waals surface area contributed by atoms with Gasteiger partial charge >= 0.3 is 0 Å². The lowest BCUT2D eigenvalue weighted by Gasteiger charge is -2.34. The molecule has 0 unspecified atom stereocenters. The van der Waals surface area contributed by atoms with Gasteiger partial charge in [-0.05, 0) is 35.9 Å². The maximum atomic E-state index is 5.41. The first-order valence-electron chi connectivity index (χ1n) is 8.84. The Balaban J connectivity index is 1.73. The number of methoxy groups -OCH3 is 2. The highest BCUT2D eigenvalue weighted by Crippen LogP contribution is 2.32. The monoisotopic (exact) mass is 341 g/mol. The van der Waals surface area contributed by atoms with Gasteiger partial charge in [0.1, 0.15) is 0 Å². The van der Waals surface area contributed by atoms with Gasteiger partial charge in [-0.2, -0.15) is 0 Å². The fourth-order valence-electron chi connectivity index (χ4n) is 3.27. The first kappa shape index (κ1) is 17.7. The van der Waals surface area contributed by atoms with E-state index < -0.39 is 0 Å². The van der Waals surface area contributed by atoms with Crippen LogP contribution in [0.15, 0.2) is 36.7 Å². The molecule has 0 atom stereocenters. The van der Waals surface area contributed by atoms with Crippen molar-refractivity contribution < 1.29 is 9.47 Å². The molecule has 25 heavy (non-hydrogen) atoms. The van der Waals surface area contributed by atoms with Gasteiger partial charge in [-0.15, -0.1) is 0 Å². The fourth-order valence-corrected chi connectivity index (χ4v) is 3.27. The van der Waals surface area contributed by atoms with E-state index in [0.29, 0.717) is 0 Å². The molecule has 0 aliphatic carbocycles. The number of likely N-dealkylation sites (N-methyl/N-ethyl adjacent to an activating group) is 1. The highest BCUT2D eigenvalue weighted by Gasteiger charge is 2.16. The van der Waals surface area contributed by atoms with Crippen LogP contribution < -0.4 is 9.47 Å². The zero-order valence-corrected chi connectivity index (χ0v) is 15.4. The van der Waals surface area contributed by atoms with Gasteiger partial charge < -0.3 is 14.4 Å². The number of hydrogen-bond acceptors (Lipinski definition) is 5. The Bertz CT molecular complexity index is 697. The maximum Gasteiger partial charge on any atom is 0.161 e. The molecule has 5 nitrogen and oxygen atoms in total. The summed E-state index contributed by atoms with van der Waals surface area (Å²) >= 11 is 0. The molecule has 2 aromatic rings. The van der Waals surface area contributed by atoms with Crippen molar-refractivity contribution in [2.24, 2.45) is 0 Å². The number of rotatable bonds is 6. The third-order valence-electron chi connectivity index (χ3n) is 4.83. The zero-order valence-electron chi connectivity index (χ0n) is 15.4. The van der Waals surface area contributed by atoms with Crippen molar-refractivity contribution in [3.8, 4) is 22.6 Å². The summed E-state index contributed by atoms with van der Waals surface area (Å²) in [6.45, 7) is 8.86. The zero-order chi connectivity index (χ0) is 17.6. The van der Waals surface area contributed by atoms with Crippen molar-refractivity contribution in [2.75, 3.05) is 46.9 Å². The lowest BCUT2D eigenvalue weighted by atomic mass is 10.0. The molecule has 3 rings (SSSR count). The molecule has 1 aliphatic heterocycles. The van der Waals surface area contributed by atoms with Crippen LogP contribution in [0.1, 0.15) is 12.5 Å². The van der Waals surface area contributed by atoms with Crippen molar-refractivity contribution in [3.05, 3.63) is 42.2 Å². The van der Waals surface area contributed by atoms with Gasteiger partial charge in [0.05, 0.1) is 14.2 Å². The molecule has 0 radical (unpaired) electrons. The van der Waals surface area contributed by atoms with Gasteiger partial charge in [0.25, 0.3) is 0 Å². The largest absolute Gasteiger partial charge is 0.493 e. The van der Waals surface area contributed by atoms with Gasteiger partial charge in [-0.25, -0.2) is 0 Å². The van der Waals surface area contributed by atoms with E-state index in [9.17, 15) is 0 Å². The predicted octanol–water partition coefficient (Wildman–Crippen LogP) is 2.90. The van der Waals surface area contributed by atoms with Gasteiger partial charge in [-0.3, -0.25) is 9.88 Å². The van der Waals surface area contributed by atoms with Crippen molar-refractivity contribution in [1.29, 1.82) is 0 Å². The van der Waals surface area contributed by atoms with Crippen LogP contribution in [0.25, 0.3) is 11.1 Å². The number of benzene rings is 1. The van der Waals surface area contributed by atoms with Gasteiger partial charge in [-0.1, -0.05) is 13.0 Å². The smallest absolute Gasteiger partial charge is 0.161 e. The third-order valence-corrected chi connectivity index (χ3v) is 4.83. The second-order valence-corrected chi connectivity index (χ2v) is 6.36. The summed E-state index contributed by atoms with van der Waals surface area (Å²) in [5.74, 6) is 1.48. The summed E-state index contributed by atoms with van der Waals surface area (Å²) in [6.07, 6.45) is 3.87. The van der Waals surface area contributed by atoms with Crippen LogP contribution in [0.5, 0.6) is 11.5 Å². The molecule has 0 amide bonds. The minimum absolute atomic E-state index is 0.737. The number of pyridine rings is 1. The molecule has 1 fully saturated rings. The lowest BCUT2D eigenvalue weighted by molar-refractivity contribution is 0.132. The molecule has 0 N–H and O–H groups in total. The summed E-state index contributed by atoms with van der Waals surface area (Å²) in [4.78, 5) is 9.44. The third kappa shape index (κ3) is 4.30. The number of hydrogen-bond donors (Lipinski definition) is 0. The van der Waals surface area contributed by atoms with Gasteiger partial charge in [0.15, 0.2) is 11.5 Å². The number of aromatic nitrogens is 1. The van der Waals surface area contributed by atoms with Crippen LogP contribution in [0, 0.1) is 0 Å². The molecule has 134 valence electrons. The number of piperazine rings is 1. The van der Waals surface area contributed by atoms with E-state index in [1.807, 2.05) is 30.6 Å². The lowest BCUT2D eigenvalue weighted by Crippen LogP contribution is -2.45. The second kappa shape index (κ2) is 8.32. The average Bonchev–Trinajstić information content (AvgIpc) is 2.68. The van der Waals surface area contributed by atoms with Gasteiger partial charge in [0, 0.05) is 50.7 Å². The first-order valence-corrected chi connectivity index (χ1v) is 8.84. The summed E-state index contributed by atoms with van der Waals surface area (Å²) < 4.78 is 10.7. The molecule has 1 aromatic heterocycles. The Morgan fingerprint density at radius 1 is 0.880 bits per heavy atom. The summed E-state index contributed by atoms with van der Waals surface area (Å²) in [5, 5.41) is 0. The molecule has 0 spiro atoms. The Hall–Kier alpha value is -2.11. The Morgan fingerprint density at radius 2 is 1.60 bits per heavy atom. The van der Waals surface area contributed by atoms with Crippen molar-refractivity contribution in [2.45, 2.75) is 13.5 Å². The van der Waals surface area contributed by atoms with Crippen LogP contribution in [0.4, 0.5) is 0 Å². The first-order chi connectivity index (χ1) is 12.2. The molecular formula is C20H27N3O2. The van der Waals surface area contributed by atoms with Crippen molar-refractivity contribution >= 4 is 0 Å². The quantitative estimate of drug-likeness (QED) is 0.808. The topological polar surface area (TPSA) is 37.8 Å². The van der Waals surface area contributed by atoms with Crippen LogP contribution >= 0.6 is 0 Å². The number of nitrogens with zero attached hydrogens (tertiary/aromatic N) is 3. The molecular weight excluding hydrogens is 314 g/mol. The van der Waals surface area contributed by atoms with E-state index >= 15 is 0 Å². The summed E-state index contributed by atoms with van der Waals surface area (Å²) in [7, 11) is 3.31. The Morgan fingerprint density at radius 3 is 2.28 bits per heavy atom. The SMILES string of the molecule is CCN1CCN(Cc2cncc(-c3ccc(OC)c(OC)c3)c2)CC1. The second-order valence-electron chi connectivity index (χ2n) is 6.36. The highest BCUT2D eigenvalue weighted by atomic mass is 16.5. The molecule has 1 saturated heterocycles. The van der Waals surface area contributed by atoms with Crippen LogP contribution in [-0.4, -0.2) is 61.7 Å². The van der Waals surface area contributed by atoms with Crippen molar-refractivity contribution in [1.82, 2.24) is 14.8 Å². The maximum absolute atomic E-state index is 5.41. The van der Waals surface area contributed by atoms with Crippen LogP contribution in [-0.2, 0) is 6.54 Å². The average molecular weight is 341 g/mol. The summed E-state index contributed by atoms with van der Waals surface area (Å²) in [6, 6.07) is 8.20. The Labute approximate surface area is 150 Å². The van der Waals surface area contributed by atoms with E-state index in [-0.39, 0.29) is 0 Å². The predicted molar refractivity (Wildman–Crippen MR) is 100 cm³/mol. The van der Waals surface area contributed by atoms with Crippen LogP contribution in [0.3, 0.4) is 0 Å². The van der Waals surface area contributed by atoms with Gasteiger partial charge in [0.2, 0.25) is 0 Å². The molecule has 1 aromatic carbocycles.